The summed E-state index contributed by atoms with van der Waals surface area (Å²) in [5, 5.41) is 3.77. The molecular weight excluding hydrogens is 302 g/mol. The fourth-order valence-corrected chi connectivity index (χ4v) is 3.10. The van der Waals surface area contributed by atoms with E-state index >= 15 is 0 Å². The fourth-order valence-electron chi connectivity index (χ4n) is 3.10. The third-order valence-electron chi connectivity index (χ3n) is 4.37. The number of rotatable bonds is 4. The zero-order valence-corrected chi connectivity index (χ0v) is 13.3. The Hall–Kier alpha value is -2.75. The molecule has 4 heteroatoms. The van der Waals surface area contributed by atoms with Crippen LogP contribution in [-0.4, -0.2) is 12.0 Å². The number of hydrogen-bond donors (Lipinski definition) is 1. The maximum Gasteiger partial charge on any atom is 0.291 e. The summed E-state index contributed by atoms with van der Waals surface area (Å²) in [5.74, 6) is 0.904. The van der Waals surface area contributed by atoms with Crippen molar-refractivity contribution in [2.45, 2.75) is 31.8 Å². The Bertz CT molecular complexity index is 812. The summed E-state index contributed by atoms with van der Waals surface area (Å²) < 4.78 is 11.5. The Kier molecular flexibility index (Phi) is 3.95. The van der Waals surface area contributed by atoms with E-state index in [9.17, 15) is 4.79 Å². The maximum absolute atomic E-state index is 12.3. The molecule has 0 spiro atoms. The summed E-state index contributed by atoms with van der Waals surface area (Å²) in [6, 6.07) is 16.8. The molecule has 1 saturated carbocycles. The van der Waals surface area contributed by atoms with Gasteiger partial charge in [-0.05, 0) is 62.1 Å². The van der Waals surface area contributed by atoms with Crippen molar-refractivity contribution in [1.82, 2.24) is 0 Å². The van der Waals surface area contributed by atoms with Crippen LogP contribution in [0.5, 0.6) is 5.75 Å². The zero-order valence-electron chi connectivity index (χ0n) is 13.3. The van der Waals surface area contributed by atoms with Crippen LogP contribution in [0.4, 0.5) is 5.69 Å². The third kappa shape index (κ3) is 3.13. The van der Waals surface area contributed by atoms with Crippen LogP contribution in [0.1, 0.15) is 36.2 Å². The number of nitrogens with one attached hydrogen (secondary N) is 1. The van der Waals surface area contributed by atoms with Crippen LogP contribution >= 0.6 is 0 Å². The molecule has 0 atom stereocenters. The molecule has 1 amide bonds. The van der Waals surface area contributed by atoms with Gasteiger partial charge < -0.3 is 14.5 Å². The fraction of sp³-hybridized carbons (Fsp3) is 0.250. The number of anilines is 1. The lowest BCUT2D eigenvalue weighted by Gasteiger charge is -2.13. The van der Waals surface area contributed by atoms with Gasteiger partial charge in [0.05, 0.1) is 6.10 Å². The highest BCUT2D eigenvalue weighted by Gasteiger charge is 2.16. The first-order chi connectivity index (χ1) is 11.8. The van der Waals surface area contributed by atoms with Crippen molar-refractivity contribution < 1.29 is 13.9 Å². The highest BCUT2D eigenvalue weighted by atomic mass is 16.5. The van der Waals surface area contributed by atoms with Crippen molar-refractivity contribution in [3.05, 3.63) is 60.4 Å². The minimum absolute atomic E-state index is 0.254. The highest BCUT2D eigenvalue weighted by Crippen LogP contribution is 2.25. The van der Waals surface area contributed by atoms with Crippen molar-refractivity contribution in [1.29, 1.82) is 0 Å². The Morgan fingerprint density at radius 3 is 2.54 bits per heavy atom. The number of carbonyl (C=O) groups is 1. The summed E-state index contributed by atoms with van der Waals surface area (Å²) in [6.45, 7) is 0. The van der Waals surface area contributed by atoms with Gasteiger partial charge in [0.2, 0.25) is 0 Å². The zero-order chi connectivity index (χ0) is 16.4. The van der Waals surface area contributed by atoms with Crippen LogP contribution in [0.15, 0.2) is 59.0 Å². The van der Waals surface area contributed by atoms with Gasteiger partial charge >= 0.3 is 0 Å². The SMILES string of the molecule is O=C(Nc1ccc(OC2CCCC2)cc1)c1cc2ccccc2o1. The summed E-state index contributed by atoms with van der Waals surface area (Å²) in [7, 11) is 0. The maximum atomic E-state index is 12.3. The molecule has 0 unspecified atom stereocenters. The van der Waals surface area contributed by atoms with Crippen LogP contribution in [0, 0.1) is 0 Å². The van der Waals surface area contributed by atoms with Crippen molar-refractivity contribution in [2.75, 3.05) is 5.32 Å². The standard InChI is InChI=1S/C20H19NO3/c22-20(19-13-14-5-1-4-8-18(14)24-19)21-15-9-11-17(12-10-15)23-16-6-2-3-7-16/h1,4-5,8-13,16H,2-3,6-7H2,(H,21,22). The highest BCUT2D eigenvalue weighted by molar-refractivity contribution is 6.04. The van der Waals surface area contributed by atoms with Gasteiger partial charge in [0.1, 0.15) is 11.3 Å². The number of ether oxygens (including phenoxy) is 1. The Morgan fingerprint density at radius 2 is 1.79 bits per heavy atom. The largest absolute Gasteiger partial charge is 0.490 e. The molecule has 1 aliphatic rings. The first-order valence-corrected chi connectivity index (χ1v) is 8.34. The molecule has 0 radical (unpaired) electrons. The van der Waals surface area contributed by atoms with Crippen molar-refractivity contribution in [2.24, 2.45) is 0 Å². The monoisotopic (exact) mass is 321 g/mol. The van der Waals surface area contributed by atoms with Gasteiger partial charge in [-0.25, -0.2) is 0 Å². The van der Waals surface area contributed by atoms with Crippen molar-refractivity contribution >= 4 is 22.6 Å². The third-order valence-corrected chi connectivity index (χ3v) is 4.37. The molecule has 1 N–H and O–H groups in total. The molecule has 1 aliphatic carbocycles. The number of carbonyl (C=O) groups excluding carboxylic acids is 1. The van der Waals surface area contributed by atoms with Gasteiger partial charge in [0.15, 0.2) is 5.76 Å². The summed E-state index contributed by atoms with van der Waals surface area (Å²) in [4.78, 5) is 12.3. The van der Waals surface area contributed by atoms with Gasteiger partial charge in [-0.3, -0.25) is 4.79 Å². The Morgan fingerprint density at radius 1 is 1.04 bits per heavy atom. The lowest BCUT2D eigenvalue weighted by atomic mass is 10.2. The van der Waals surface area contributed by atoms with Crippen molar-refractivity contribution in [3.8, 4) is 5.75 Å². The van der Waals surface area contributed by atoms with E-state index in [0.29, 0.717) is 17.4 Å². The van der Waals surface area contributed by atoms with Gasteiger partial charge in [-0.1, -0.05) is 18.2 Å². The normalized spacial score (nSPS) is 14.8. The van der Waals surface area contributed by atoms with E-state index < -0.39 is 0 Å². The lowest BCUT2D eigenvalue weighted by molar-refractivity contribution is 0.0998. The minimum Gasteiger partial charge on any atom is -0.490 e. The molecular formula is C20H19NO3. The van der Waals surface area contributed by atoms with E-state index in [1.165, 1.54) is 12.8 Å². The lowest BCUT2D eigenvalue weighted by Crippen LogP contribution is -2.12. The molecule has 3 aromatic rings. The quantitative estimate of drug-likeness (QED) is 0.735. The topological polar surface area (TPSA) is 51.5 Å². The second kappa shape index (κ2) is 6.40. The first-order valence-electron chi connectivity index (χ1n) is 8.34. The number of amides is 1. The van der Waals surface area contributed by atoms with Crippen molar-refractivity contribution in [3.63, 3.8) is 0 Å². The number of fused-ring (bicyclic) bond motifs is 1. The van der Waals surface area contributed by atoms with E-state index in [1.807, 2.05) is 48.5 Å². The molecule has 4 rings (SSSR count). The van der Waals surface area contributed by atoms with Crippen LogP contribution in [0.3, 0.4) is 0 Å². The molecule has 4 nitrogen and oxygen atoms in total. The molecule has 0 aliphatic heterocycles. The molecule has 1 aromatic heterocycles. The summed E-state index contributed by atoms with van der Waals surface area (Å²) in [6.07, 6.45) is 5.09. The summed E-state index contributed by atoms with van der Waals surface area (Å²) >= 11 is 0. The van der Waals surface area contributed by atoms with Crippen LogP contribution in [0.2, 0.25) is 0 Å². The van der Waals surface area contributed by atoms with E-state index in [2.05, 4.69) is 5.32 Å². The molecule has 2 aromatic carbocycles. The van der Waals surface area contributed by atoms with Gasteiger partial charge in [0.25, 0.3) is 5.91 Å². The van der Waals surface area contributed by atoms with Crippen LogP contribution < -0.4 is 10.1 Å². The Balaban J connectivity index is 1.43. The van der Waals surface area contributed by atoms with E-state index in [4.69, 9.17) is 9.15 Å². The van der Waals surface area contributed by atoms with Crippen LogP contribution in [-0.2, 0) is 0 Å². The second-order valence-corrected chi connectivity index (χ2v) is 6.15. The van der Waals surface area contributed by atoms with E-state index in [1.54, 1.807) is 6.07 Å². The molecule has 0 bridgehead atoms. The van der Waals surface area contributed by atoms with E-state index in [0.717, 1.165) is 29.7 Å². The number of benzene rings is 2. The summed E-state index contributed by atoms with van der Waals surface area (Å²) in [5.41, 5.74) is 1.43. The first kappa shape index (κ1) is 14.8. The average molecular weight is 321 g/mol. The molecule has 1 heterocycles. The molecule has 0 saturated heterocycles. The van der Waals surface area contributed by atoms with Crippen LogP contribution in [0.25, 0.3) is 11.0 Å². The number of hydrogen-bond acceptors (Lipinski definition) is 3. The van der Waals surface area contributed by atoms with Gasteiger partial charge in [-0.2, -0.15) is 0 Å². The predicted octanol–water partition coefficient (Wildman–Crippen LogP) is 5.01. The van der Waals surface area contributed by atoms with Gasteiger partial charge in [0, 0.05) is 11.1 Å². The molecule has 24 heavy (non-hydrogen) atoms. The Labute approximate surface area is 140 Å². The molecule has 122 valence electrons. The van der Waals surface area contributed by atoms with Gasteiger partial charge in [-0.15, -0.1) is 0 Å². The predicted molar refractivity (Wildman–Crippen MR) is 93.5 cm³/mol. The number of para-hydroxylation sites is 1. The second-order valence-electron chi connectivity index (χ2n) is 6.15. The number of furan rings is 1. The molecule has 1 fully saturated rings. The average Bonchev–Trinajstić information content (AvgIpc) is 3.25. The smallest absolute Gasteiger partial charge is 0.291 e. The van der Waals surface area contributed by atoms with E-state index in [-0.39, 0.29) is 5.91 Å². The minimum atomic E-state index is -0.254.